The van der Waals surface area contributed by atoms with Gasteiger partial charge in [0, 0.05) is 31.1 Å². The fourth-order valence-corrected chi connectivity index (χ4v) is 2.16. The Labute approximate surface area is 118 Å². The zero-order valence-corrected chi connectivity index (χ0v) is 11.7. The van der Waals surface area contributed by atoms with Gasteiger partial charge in [-0.2, -0.15) is 0 Å². The lowest BCUT2D eigenvalue weighted by molar-refractivity contribution is 0.0677. The van der Waals surface area contributed by atoms with Crippen LogP contribution in [0.1, 0.15) is 41.7 Å². The maximum absolute atomic E-state index is 11.2. The number of ether oxygens (including phenoxy) is 1. The number of hydrogen-bond acceptors (Lipinski definition) is 3. The Bertz CT molecular complexity index is 592. The average Bonchev–Trinajstić information content (AvgIpc) is 2.87. The van der Waals surface area contributed by atoms with E-state index in [4.69, 9.17) is 10.5 Å². The van der Waals surface area contributed by atoms with Gasteiger partial charge >= 0.3 is 0 Å². The van der Waals surface area contributed by atoms with E-state index >= 15 is 0 Å². The molecule has 1 heterocycles. The molecule has 0 saturated carbocycles. The second kappa shape index (κ2) is 6.34. The van der Waals surface area contributed by atoms with Crippen molar-refractivity contribution < 1.29 is 9.53 Å². The van der Waals surface area contributed by atoms with Crippen molar-refractivity contribution in [1.29, 1.82) is 0 Å². The third-order valence-corrected chi connectivity index (χ3v) is 3.09. The van der Waals surface area contributed by atoms with Crippen LogP contribution in [0, 0.1) is 0 Å². The van der Waals surface area contributed by atoms with Crippen LogP contribution in [0.4, 0.5) is 0 Å². The van der Waals surface area contributed by atoms with Crippen LogP contribution in [-0.2, 0) is 11.3 Å². The van der Waals surface area contributed by atoms with E-state index in [-0.39, 0.29) is 6.10 Å². The molecule has 0 aliphatic carbocycles. The molecule has 1 amide bonds. The molecule has 0 bridgehead atoms. The van der Waals surface area contributed by atoms with Crippen molar-refractivity contribution >= 4 is 5.91 Å². The standard InChI is InChI=1S/C15H19N3O2/c1-3-20-11(2)15-17-7-8-18(15)10-12-5-4-6-13(9-12)14(16)19/h4-9,11H,3,10H2,1-2H3,(H2,16,19)/t11-/m0/s1. The molecule has 0 aliphatic heterocycles. The van der Waals surface area contributed by atoms with Crippen LogP contribution in [0.3, 0.4) is 0 Å². The number of carbonyl (C=O) groups is 1. The fourth-order valence-electron chi connectivity index (χ4n) is 2.16. The molecule has 0 radical (unpaired) electrons. The number of imidazole rings is 1. The first-order valence-corrected chi connectivity index (χ1v) is 6.63. The smallest absolute Gasteiger partial charge is 0.248 e. The molecule has 1 aromatic carbocycles. The van der Waals surface area contributed by atoms with E-state index in [1.165, 1.54) is 0 Å². The maximum Gasteiger partial charge on any atom is 0.248 e. The Morgan fingerprint density at radius 2 is 2.30 bits per heavy atom. The minimum atomic E-state index is -0.416. The summed E-state index contributed by atoms with van der Waals surface area (Å²) in [6.07, 6.45) is 3.60. The van der Waals surface area contributed by atoms with Crippen LogP contribution in [0.15, 0.2) is 36.7 Å². The van der Waals surface area contributed by atoms with E-state index in [9.17, 15) is 4.79 Å². The molecule has 0 saturated heterocycles. The number of primary amides is 1. The number of nitrogens with two attached hydrogens (primary N) is 1. The van der Waals surface area contributed by atoms with Gasteiger partial charge in [-0.3, -0.25) is 4.79 Å². The average molecular weight is 273 g/mol. The summed E-state index contributed by atoms with van der Waals surface area (Å²) < 4.78 is 7.58. The largest absolute Gasteiger partial charge is 0.371 e. The van der Waals surface area contributed by atoms with Gasteiger partial charge < -0.3 is 15.0 Å². The lowest BCUT2D eigenvalue weighted by Crippen LogP contribution is -2.13. The molecule has 1 atom stereocenters. The monoisotopic (exact) mass is 273 g/mol. The van der Waals surface area contributed by atoms with E-state index in [2.05, 4.69) is 4.98 Å². The molecule has 106 valence electrons. The van der Waals surface area contributed by atoms with Crippen molar-refractivity contribution in [1.82, 2.24) is 9.55 Å². The second-order valence-corrected chi connectivity index (χ2v) is 4.58. The van der Waals surface area contributed by atoms with Crippen LogP contribution in [0.2, 0.25) is 0 Å². The molecular weight excluding hydrogens is 254 g/mol. The third-order valence-electron chi connectivity index (χ3n) is 3.09. The highest BCUT2D eigenvalue weighted by Crippen LogP contribution is 2.16. The van der Waals surface area contributed by atoms with Gasteiger partial charge in [0.1, 0.15) is 11.9 Å². The molecule has 2 aromatic rings. The van der Waals surface area contributed by atoms with Gasteiger partial charge in [-0.15, -0.1) is 0 Å². The molecule has 2 rings (SSSR count). The van der Waals surface area contributed by atoms with Crippen molar-refractivity contribution in [3.8, 4) is 0 Å². The van der Waals surface area contributed by atoms with Gasteiger partial charge in [0.25, 0.3) is 0 Å². The van der Waals surface area contributed by atoms with Crippen LogP contribution in [0.25, 0.3) is 0 Å². The van der Waals surface area contributed by atoms with E-state index in [0.717, 1.165) is 11.4 Å². The lowest BCUT2D eigenvalue weighted by Gasteiger charge is -2.14. The van der Waals surface area contributed by atoms with E-state index in [1.54, 1.807) is 18.3 Å². The van der Waals surface area contributed by atoms with Gasteiger partial charge in [-0.1, -0.05) is 12.1 Å². The zero-order chi connectivity index (χ0) is 14.5. The topological polar surface area (TPSA) is 70.1 Å². The molecule has 2 N–H and O–H groups in total. The summed E-state index contributed by atoms with van der Waals surface area (Å²) in [5.41, 5.74) is 6.82. The van der Waals surface area contributed by atoms with Gasteiger partial charge in [0.05, 0.1) is 0 Å². The van der Waals surface area contributed by atoms with Gasteiger partial charge in [-0.05, 0) is 31.5 Å². The highest BCUT2D eigenvalue weighted by molar-refractivity contribution is 5.92. The number of rotatable bonds is 6. The van der Waals surface area contributed by atoms with Crippen molar-refractivity contribution in [2.45, 2.75) is 26.5 Å². The Morgan fingerprint density at radius 1 is 1.50 bits per heavy atom. The summed E-state index contributed by atoms with van der Waals surface area (Å²) in [6, 6.07) is 7.31. The van der Waals surface area contributed by atoms with Gasteiger partial charge in [-0.25, -0.2) is 4.98 Å². The summed E-state index contributed by atoms with van der Waals surface area (Å²) in [5, 5.41) is 0. The number of amides is 1. The van der Waals surface area contributed by atoms with Crippen molar-refractivity contribution in [2.75, 3.05) is 6.61 Å². The molecule has 20 heavy (non-hydrogen) atoms. The molecule has 0 unspecified atom stereocenters. The van der Waals surface area contributed by atoms with Crippen LogP contribution in [0.5, 0.6) is 0 Å². The Morgan fingerprint density at radius 3 is 3.00 bits per heavy atom. The molecule has 0 aliphatic rings. The van der Waals surface area contributed by atoms with E-state index in [1.807, 2.05) is 36.7 Å². The third kappa shape index (κ3) is 3.24. The molecular formula is C15H19N3O2. The van der Waals surface area contributed by atoms with Gasteiger partial charge in [0.15, 0.2) is 0 Å². The number of benzene rings is 1. The summed E-state index contributed by atoms with van der Waals surface area (Å²) in [7, 11) is 0. The first kappa shape index (κ1) is 14.3. The normalized spacial score (nSPS) is 12.3. The number of aromatic nitrogens is 2. The predicted molar refractivity (Wildman–Crippen MR) is 76.3 cm³/mol. The maximum atomic E-state index is 11.2. The predicted octanol–water partition coefficient (Wildman–Crippen LogP) is 2.13. The van der Waals surface area contributed by atoms with Gasteiger partial charge in [0.2, 0.25) is 5.91 Å². The summed E-state index contributed by atoms with van der Waals surface area (Å²) in [5.74, 6) is 0.455. The summed E-state index contributed by atoms with van der Waals surface area (Å²) in [4.78, 5) is 15.5. The lowest BCUT2D eigenvalue weighted by atomic mass is 10.1. The highest BCUT2D eigenvalue weighted by atomic mass is 16.5. The molecule has 0 fully saturated rings. The van der Waals surface area contributed by atoms with Crippen LogP contribution >= 0.6 is 0 Å². The van der Waals surface area contributed by atoms with E-state index in [0.29, 0.717) is 18.7 Å². The molecule has 5 heteroatoms. The van der Waals surface area contributed by atoms with Crippen molar-refractivity contribution in [3.63, 3.8) is 0 Å². The number of hydrogen-bond donors (Lipinski definition) is 1. The first-order valence-electron chi connectivity index (χ1n) is 6.63. The number of nitrogens with zero attached hydrogens (tertiary/aromatic N) is 2. The summed E-state index contributed by atoms with van der Waals surface area (Å²) >= 11 is 0. The number of carbonyl (C=O) groups excluding carboxylic acids is 1. The molecule has 5 nitrogen and oxygen atoms in total. The summed E-state index contributed by atoms with van der Waals surface area (Å²) in [6.45, 7) is 5.21. The Balaban J connectivity index is 2.20. The molecule has 1 aromatic heterocycles. The first-order chi connectivity index (χ1) is 9.61. The zero-order valence-electron chi connectivity index (χ0n) is 11.7. The fraction of sp³-hybridized carbons (Fsp3) is 0.333. The quantitative estimate of drug-likeness (QED) is 0.876. The van der Waals surface area contributed by atoms with Crippen LogP contribution in [-0.4, -0.2) is 22.1 Å². The van der Waals surface area contributed by atoms with Crippen molar-refractivity contribution in [3.05, 3.63) is 53.6 Å². The van der Waals surface area contributed by atoms with E-state index < -0.39 is 5.91 Å². The highest BCUT2D eigenvalue weighted by Gasteiger charge is 2.12. The SMILES string of the molecule is CCO[C@@H](C)c1nccn1Cc1cccc(C(N)=O)c1. The minimum absolute atomic E-state index is 0.0608. The van der Waals surface area contributed by atoms with Crippen molar-refractivity contribution in [2.24, 2.45) is 5.73 Å². The Hall–Kier alpha value is -2.14. The Kier molecular flexibility index (Phi) is 4.53. The molecule has 0 spiro atoms. The minimum Gasteiger partial charge on any atom is -0.371 e. The van der Waals surface area contributed by atoms with Crippen LogP contribution < -0.4 is 5.73 Å². The second-order valence-electron chi connectivity index (χ2n) is 4.58.